The van der Waals surface area contributed by atoms with Crippen molar-refractivity contribution in [1.82, 2.24) is 4.98 Å². The van der Waals surface area contributed by atoms with Crippen LogP contribution in [0.15, 0.2) is 0 Å². The molecule has 6 nitrogen and oxygen atoms in total. The van der Waals surface area contributed by atoms with E-state index in [0.717, 1.165) is 17.0 Å². The molecule has 1 aromatic heterocycles. The van der Waals surface area contributed by atoms with E-state index in [9.17, 15) is 9.59 Å². The fourth-order valence-electron chi connectivity index (χ4n) is 2.12. The summed E-state index contributed by atoms with van der Waals surface area (Å²) in [6.07, 6.45) is 1.86. The summed E-state index contributed by atoms with van der Waals surface area (Å²) in [6.45, 7) is 2.18. The Kier molecular flexibility index (Phi) is 4.69. The fraction of sp³-hybridized carbons (Fsp3) is 0.538. The number of hydrogen-bond donors (Lipinski definition) is 1. The highest BCUT2D eigenvalue weighted by Crippen LogP contribution is 2.32. The van der Waals surface area contributed by atoms with Gasteiger partial charge in [0, 0.05) is 4.88 Å². The first kappa shape index (κ1) is 14.5. The molecular formula is C13H15N3O3S. The van der Waals surface area contributed by atoms with Gasteiger partial charge in [0.25, 0.3) is 0 Å². The summed E-state index contributed by atoms with van der Waals surface area (Å²) in [4.78, 5) is 28.4. The molecule has 0 spiro atoms. The average Bonchev–Trinajstić information content (AvgIpc) is 2.80. The van der Waals surface area contributed by atoms with E-state index < -0.39 is 0 Å². The molecule has 1 N–H and O–H groups in total. The molecule has 20 heavy (non-hydrogen) atoms. The monoisotopic (exact) mass is 293 g/mol. The van der Waals surface area contributed by atoms with E-state index in [4.69, 9.17) is 10.00 Å². The van der Waals surface area contributed by atoms with Crippen LogP contribution in [0.25, 0.3) is 0 Å². The second-order valence-corrected chi connectivity index (χ2v) is 5.55. The predicted molar refractivity (Wildman–Crippen MR) is 73.1 cm³/mol. The van der Waals surface area contributed by atoms with Crippen molar-refractivity contribution in [2.45, 2.75) is 32.6 Å². The number of fused-ring (bicyclic) bond motifs is 1. The lowest BCUT2D eigenvalue weighted by Gasteiger charge is -2.18. The van der Waals surface area contributed by atoms with Crippen LogP contribution >= 0.6 is 11.3 Å². The maximum absolute atomic E-state index is 11.7. The Morgan fingerprint density at radius 3 is 3.10 bits per heavy atom. The summed E-state index contributed by atoms with van der Waals surface area (Å²) in [5.41, 5.74) is 0.933. The van der Waals surface area contributed by atoms with Gasteiger partial charge in [-0.2, -0.15) is 5.26 Å². The first-order valence-corrected chi connectivity index (χ1v) is 7.27. The Labute approximate surface area is 120 Å². The number of nitrogens with zero attached hydrogens (tertiary/aromatic N) is 2. The fourth-order valence-corrected chi connectivity index (χ4v) is 3.23. The first-order chi connectivity index (χ1) is 9.63. The molecule has 0 radical (unpaired) electrons. The number of ether oxygens (including phenoxy) is 1. The van der Waals surface area contributed by atoms with Gasteiger partial charge in [-0.25, -0.2) is 4.98 Å². The first-order valence-electron chi connectivity index (χ1n) is 6.46. The molecule has 0 fully saturated rings. The van der Waals surface area contributed by atoms with Crippen molar-refractivity contribution in [1.29, 1.82) is 5.26 Å². The van der Waals surface area contributed by atoms with Gasteiger partial charge in [-0.1, -0.05) is 0 Å². The Balaban J connectivity index is 2.03. The highest BCUT2D eigenvalue weighted by atomic mass is 32.1. The molecule has 1 aliphatic rings. The van der Waals surface area contributed by atoms with E-state index >= 15 is 0 Å². The van der Waals surface area contributed by atoms with Crippen LogP contribution in [0, 0.1) is 17.2 Å². The minimum Gasteiger partial charge on any atom is -0.466 e. The summed E-state index contributed by atoms with van der Waals surface area (Å²) in [6, 6.07) is 1.79. The zero-order chi connectivity index (χ0) is 14.5. The van der Waals surface area contributed by atoms with E-state index in [1.54, 1.807) is 13.0 Å². The van der Waals surface area contributed by atoms with Crippen molar-refractivity contribution < 1.29 is 14.3 Å². The minimum atomic E-state index is -0.361. The number of hydrogen-bond acceptors (Lipinski definition) is 6. The number of esters is 1. The molecule has 2 rings (SSSR count). The zero-order valence-electron chi connectivity index (χ0n) is 11.1. The quantitative estimate of drug-likeness (QED) is 0.852. The number of nitrogens with one attached hydrogen (secondary N) is 1. The number of carbonyl (C=O) groups excluding carboxylic acids is 2. The second-order valence-electron chi connectivity index (χ2n) is 4.46. The van der Waals surface area contributed by atoms with Gasteiger partial charge in [-0.05, 0) is 26.2 Å². The van der Waals surface area contributed by atoms with E-state index in [0.29, 0.717) is 24.6 Å². The van der Waals surface area contributed by atoms with Crippen molar-refractivity contribution >= 4 is 28.3 Å². The molecule has 0 aliphatic heterocycles. The number of anilines is 1. The summed E-state index contributed by atoms with van der Waals surface area (Å²) in [5.74, 6) is -0.646. The number of carbonyl (C=O) groups is 2. The van der Waals surface area contributed by atoms with Crippen molar-refractivity contribution in [2.75, 3.05) is 11.9 Å². The van der Waals surface area contributed by atoms with Crippen molar-refractivity contribution in [3.8, 4) is 6.07 Å². The van der Waals surface area contributed by atoms with E-state index in [1.807, 2.05) is 0 Å². The normalized spacial score (nSPS) is 16.9. The number of amides is 1. The summed E-state index contributed by atoms with van der Waals surface area (Å²) < 4.78 is 5.04. The lowest BCUT2D eigenvalue weighted by Crippen LogP contribution is -2.24. The van der Waals surface area contributed by atoms with Gasteiger partial charge < -0.3 is 10.1 Å². The molecule has 0 bridgehead atoms. The van der Waals surface area contributed by atoms with Crippen LogP contribution in [0.5, 0.6) is 0 Å². The lowest BCUT2D eigenvalue weighted by atomic mass is 9.91. The molecule has 0 saturated heterocycles. The van der Waals surface area contributed by atoms with Crippen LogP contribution in [0.1, 0.15) is 30.3 Å². The Bertz CT molecular complexity index is 562. The van der Waals surface area contributed by atoms with Crippen molar-refractivity contribution in [3.05, 3.63) is 10.6 Å². The third kappa shape index (κ3) is 3.33. The van der Waals surface area contributed by atoms with Crippen LogP contribution in [0.4, 0.5) is 5.13 Å². The van der Waals surface area contributed by atoms with Gasteiger partial charge in [0.15, 0.2) is 5.13 Å². The molecule has 106 valence electrons. The number of aryl methyl sites for hydroxylation is 1. The van der Waals surface area contributed by atoms with Gasteiger partial charge in [0.2, 0.25) is 5.91 Å². The highest BCUT2D eigenvalue weighted by Gasteiger charge is 2.28. The molecule has 1 aliphatic carbocycles. The minimum absolute atomic E-state index is 0.120. The number of rotatable bonds is 4. The third-order valence-electron chi connectivity index (χ3n) is 3.05. The van der Waals surface area contributed by atoms with Crippen LogP contribution < -0.4 is 5.32 Å². The SMILES string of the molecule is CCOC(=O)C1CCc2nc(NC(=O)CC#N)sc2C1. The lowest BCUT2D eigenvalue weighted by molar-refractivity contribution is -0.148. The van der Waals surface area contributed by atoms with Gasteiger partial charge in [-0.3, -0.25) is 9.59 Å². The third-order valence-corrected chi connectivity index (χ3v) is 4.08. The molecule has 1 amide bonds. The summed E-state index contributed by atoms with van der Waals surface area (Å²) in [7, 11) is 0. The maximum atomic E-state index is 11.7. The molecule has 1 heterocycles. The molecule has 1 atom stereocenters. The molecular weight excluding hydrogens is 278 g/mol. The molecule has 1 unspecified atom stereocenters. The van der Waals surface area contributed by atoms with E-state index in [1.165, 1.54) is 11.3 Å². The van der Waals surface area contributed by atoms with Crippen LogP contribution in [0.3, 0.4) is 0 Å². The van der Waals surface area contributed by atoms with Gasteiger partial charge in [-0.15, -0.1) is 11.3 Å². The number of thiazole rings is 1. The maximum Gasteiger partial charge on any atom is 0.309 e. The predicted octanol–water partition coefficient (Wildman–Crippen LogP) is 1.66. The van der Waals surface area contributed by atoms with Gasteiger partial charge in [0.05, 0.1) is 24.3 Å². The smallest absolute Gasteiger partial charge is 0.309 e. The Morgan fingerprint density at radius 2 is 2.40 bits per heavy atom. The number of aromatic nitrogens is 1. The van der Waals surface area contributed by atoms with Crippen LogP contribution in [0.2, 0.25) is 0 Å². The Morgan fingerprint density at radius 1 is 1.60 bits per heavy atom. The summed E-state index contributed by atoms with van der Waals surface area (Å²) in [5, 5.41) is 11.5. The molecule has 0 aromatic carbocycles. The largest absolute Gasteiger partial charge is 0.466 e. The van der Waals surface area contributed by atoms with Gasteiger partial charge >= 0.3 is 5.97 Å². The van der Waals surface area contributed by atoms with Crippen molar-refractivity contribution in [3.63, 3.8) is 0 Å². The Hall–Kier alpha value is -1.94. The zero-order valence-corrected chi connectivity index (χ0v) is 12.0. The van der Waals surface area contributed by atoms with Crippen LogP contribution in [-0.2, 0) is 27.2 Å². The van der Waals surface area contributed by atoms with Gasteiger partial charge in [0.1, 0.15) is 6.42 Å². The molecule has 1 aromatic rings. The van der Waals surface area contributed by atoms with E-state index in [-0.39, 0.29) is 24.2 Å². The second kappa shape index (κ2) is 6.48. The standard InChI is InChI=1S/C13H15N3O3S/c1-2-19-12(18)8-3-4-9-10(7-8)20-13(15-9)16-11(17)5-6-14/h8H,2-5,7H2,1H3,(H,15,16,17). The highest BCUT2D eigenvalue weighted by molar-refractivity contribution is 7.15. The van der Waals surface area contributed by atoms with Crippen LogP contribution in [-0.4, -0.2) is 23.5 Å². The average molecular weight is 293 g/mol. The summed E-state index contributed by atoms with van der Waals surface area (Å²) >= 11 is 1.37. The van der Waals surface area contributed by atoms with Crippen molar-refractivity contribution in [2.24, 2.45) is 5.92 Å². The van der Waals surface area contributed by atoms with E-state index in [2.05, 4.69) is 10.3 Å². The number of nitriles is 1. The topological polar surface area (TPSA) is 92.1 Å². The molecule has 0 saturated carbocycles. The molecule has 7 heteroatoms.